The number of amides is 2. The molecule has 4 aromatic rings. The van der Waals surface area contributed by atoms with Crippen LogP contribution in [0.1, 0.15) is 18.4 Å². The largest absolute Gasteiger partial charge is 0.508 e. The first-order valence-electron chi connectivity index (χ1n) is 14.7. The molecule has 0 bridgehead atoms. The molecule has 2 amide bonds. The standard InChI is InChI=1S/C35H25F3N2O7S2/c36-35(37,38)27-16-21(2-6-24(27)34-25-7-4-22(41)17-29(25)46-30-18-23(42)5-8-26(30)34)40-32(44)12-14-49-48-13-11-31(43)39-20-3-9-28-19(15-20)1-10-33(45)47-28/h1-10,15-18,41H,11-14H2,(H,39,43)(H,40,44). The molecular formula is C35H25F3N2O7S2. The van der Waals surface area contributed by atoms with E-state index in [1.165, 1.54) is 76.2 Å². The maximum atomic E-state index is 14.5. The van der Waals surface area contributed by atoms with E-state index in [0.29, 0.717) is 33.5 Å². The lowest BCUT2D eigenvalue weighted by molar-refractivity contribution is -0.137. The lowest BCUT2D eigenvalue weighted by atomic mass is 9.90. The van der Waals surface area contributed by atoms with E-state index in [-0.39, 0.29) is 58.2 Å². The van der Waals surface area contributed by atoms with Gasteiger partial charge in [0.25, 0.3) is 0 Å². The molecule has 0 saturated heterocycles. The first kappa shape index (κ1) is 33.7. The molecule has 0 radical (unpaired) electrons. The van der Waals surface area contributed by atoms with E-state index in [2.05, 4.69) is 10.6 Å². The lowest BCUT2D eigenvalue weighted by Gasteiger charge is -2.20. The number of halogens is 3. The minimum Gasteiger partial charge on any atom is -0.508 e. The third-order valence-corrected chi connectivity index (χ3v) is 9.77. The number of rotatable bonds is 10. The van der Waals surface area contributed by atoms with Gasteiger partial charge in [0.15, 0.2) is 5.43 Å². The van der Waals surface area contributed by atoms with Gasteiger partial charge < -0.3 is 24.6 Å². The molecule has 2 heterocycles. The number of hydrogen-bond acceptors (Lipinski definition) is 9. The fourth-order valence-corrected chi connectivity index (χ4v) is 7.19. The number of aromatic hydroxyl groups is 1. The van der Waals surface area contributed by atoms with Crippen LogP contribution in [0.4, 0.5) is 24.5 Å². The number of phenols is 1. The molecule has 49 heavy (non-hydrogen) atoms. The van der Waals surface area contributed by atoms with Crippen molar-refractivity contribution in [2.75, 3.05) is 22.1 Å². The third kappa shape index (κ3) is 7.92. The molecule has 2 aliphatic rings. The van der Waals surface area contributed by atoms with Gasteiger partial charge in [-0.05, 0) is 66.2 Å². The van der Waals surface area contributed by atoms with Gasteiger partial charge in [0.1, 0.15) is 22.7 Å². The van der Waals surface area contributed by atoms with Crippen molar-refractivity contribution in [1.29, 1.82) is 0 Å². The number of hydrogen-bond donors (Lipinski definition) is 3. The van der Waals surface area contributed by atoms with Crippen molar-refractivity contribution in [1.82, 2.24) is 0 Å². The van der Waals surface area contributed by atoms with Gasteiger partial charge in [-0.25, -0.2) is 4.79 Å². The number of carbonyl (C=O) groups excluding carboxylic acids is 2. The Kier molecular flexibility index (Phi) is 9.69. The van der Waals surface area contributed by atoms with Crippen LogP contribution in [0.25, 0.3) is 44.4 Å². The Hall–Kier alpha value is -5.21. The van der Waals surface area contributed by atoms with Crippen LogP contribution in [0.2, 0.25) is 0 Å². The second-order valence-corrected chi connectivity index (χ2v) is 13.5. The van der Waals surface area contributed by atoms with Gasteiger partial charge in [-0.3, -0.25) is 14.4 Å². The lowest BCUT2D eigenvalue weighted by Crippen LogP contribution is -2.14. The zero-order chi connectivity index (χ0) is 34.7. The molecule has 1 aliphatic carbocycles. The maximum absolute atomic E-state index is 14.5. The second-order valence-electron chi connectivity index (χ2n) is 10.8. The molecule has 0 unspecified atom stereocenters. The van der Waals surface area contributed by atoms with Crippen molar-refractivity contribution in [2.24, 2.45) is 0 Å². The summed E-state index contributed by atoms with van der Waals surface area (Å²) in [4.78, 5) is 48.3. The van der Waals surface area contributed by atoms with Crippen LogP contribution in [0.15, 0.2) is 103 Å². The van der Waals surface area contributed by atoms with Crippen molar-refractivity contribution >= 4 is 66.7 Å². The van der Waals surface area contributed by atoms with Gasteiger partial charge in [0.2, 0.25) is 11.8 Å². The van der Waals surface area contributed by atoms with E-state index in [1.54, 1.807) is 24.3 Å². The highest BCUT2D eigenvalue weighted by molar-refractivity contribution is 8.76. The number of benzene rings is 4. The summed E-state index contributed by atoms with van der Waals surface area (Å²) >= 11 is 0. The zero-order valence-electron chi connectivity index (χ0n) is 25.3. The molecule has 14 heteroatoms. The molecule has 3 aromatic carbocycles. The minimum absolute atomic E-state index is 0.0245. The summed E-state index contributed by atoms with van der Waals surface area (Å²) in [6.45, 7) is 0. The highest BCUT2D eigenvalue weighted by Gasteiger charge is 2.35. The summed E-state index contributed by atoms with van der Waals surface area (Å²) in [6, 6.07) is 19.2. The van der Waals surface area contributed by atoms with Crippen LogP contribution < -0.4 is 21.7 Å². The predicted octanol–water partition coefficient (Wildman–Crippen LogP) is 8.13. The number of fused-ring (bicyclic) bond motifs is 3. The summed E-state index contributed by atoms with van der Waals surface area (Å²) < 4.78 is 54.3. The minimum atomic E-state index is -4.80. The Bertz CT molecular complexity index is 2300. The summed E-state index contributed by atoms with van der Waals surface area (Å²) in [5.74, 6) is 0.0233. The highest BCUT2D eigenvalue weighted by atomic mass is 33.1. The third-order valence-electron chi connectivity index (χ3n) is 7.37. The van der Waals surface area contributed by atoms with E-state index >= 15 is 0 Å². The Morgan fingerprint density at radius 2 is 1.39 bits per heavy atom. The van der Waals surface area contributed by atoms with Crippen LogP contribution in [0.3, 0.4) is 0 Å². The predicted molar refractivity (Wildman–Crippen MR) is 185 cm³/mol. The molecule has 3 N–H and O–H groups in total. The number of phenolic OH excluding ortho intramolecular Hbond substituents is 1. The first-order valence-corrected chi connectivity index (χ1v) is 17.2. The van der Waals surface area contributed by atoms with Crippen LogP contribution in [-0.2, 0) is 15.8 Å². The number of alkyl halides is 3. The normalized spacial score (nSPS) is 11.7. The average Bonchev–Trinajstić information content (AvgIpc) is 3.05. The number of nitrogens with one attached hydrogen (secondary N) is 2. The number of carbonyl (C=O) groups is 2. The van der Waals surface area contributed by atoms with Gasteiger partial charge in [-0.1, -0.05) is 27.7 Å². The van der Waals surface area contributed by atoms with Crippen molar-refractivity contribution in [3.63, 3.8) is 0 Å². The van der Waals surface area contributed by atoms with Crippen molar-refractivity contribution in [3.8, 4) is 28.2 Å². The number of anilines is 2. The van der Waals surface area contributed by atoms with Crippen LogP contribution >= 0.6 is 21.6 Å². The molecule has 1 aromatic heterocycles. The summed E-state index contributed by atoms with van der Waals surface area (Å²) in [7, 11) is 2.75. The van der Waals surface area contributed by atoms with E-state index < -0.39 is 28.7 Å². The average molecular weight is 707 g/mol. The Morgan fingerprint density at radius 1 is 0.714 bits per heavy atom. The van der Waals surface area contributed by atoms with Crippen LogP contribution in [-0.4, -0.2) is 28.4 Å². The topological polar surface area (TPSA) is 139 Å². The van der Waals surface area contributed by atoms with Crippen molar-refractivity contribution in [2.45, 2.75) is 19.0 Å². The summed E-state index contributed by atoms with van der Waals surface area (Å²) in [5, 5.41) is 16.2. The Morgan fingerprint density at radius 3 is 2.10 bits per heavy atom. The Balaban J connectivity index is 1.07. The smallest absolute Gasteiger partial charge is 0.417 e. The fourth-order valence-electron chi connectivity index (χ4n) is 5.21. The van der Waals surface area contributed by atoms with Gasteiger partial charge in [0, 0.05) is 75.8 Å². The molecular weight excluding hydrogens is 682 g/mol. The van der Waals surface area contributed by atoms with E-state index in [9.17, 15) is 37.5 Å². The van der Waals surface area contributed by atoms with Crippen LogP contribution in [0, 0.1) is 0 Å². The highest BCUT2D eigenvalue weighted by Crippen LogP contribution is 2.46. The zero-order valence-corrected chi connectivity index (χ0v) is 26.9. The van der Waals surface area contributed by atoms with Gasteiger partial charge >= 0.3 is 11.8 Å². The quantitative estimate of drug-likeness (QED) is 0.0558. The SMILES string of the molecule is O=C(CCSSCCC(=O)Nc1ccc2oc(=O)ccc2c1)Nc1ccc(-c2c3ccc(=O)cc-3oc3cc(O)ccc23)c(C(F)(F)F)c1. The molecule has 0 spiro atoms. The Labute approximate surface area is 283 Å². The molecule has 0 atom stereocenters. The van der Waals surface area contributed by atoms with E-state index in [1.807, 2.05) is 0 Å². The molecule has 250 valence electrons. The monoisotopic (exact) mass is 706 g/mol. The van der Waals surface area contributed by atoms with E-state index in [0.717, 1.165) is 6.07 Å². The second kappa shape index (κ2) is 14.1. The van der Waals surface area contributed by atoms with Crippen molar-refractivity contribution < 1.29 is 36.7 Å². The summed E-state index contributed by atoms with van der Waals surface area (Å²) in [6.07, 6.45) is -4.57. The molecule has 6 rings (SSSR count). The molecule has 1 aliphatic heterocycles. The van der Waals surface area contributed by atoms with Crippen LogP contribution in [0.5, 0.6) is 5.75 Å². The fraction of sp³-hybridized carbons (Fsp3) is 0.143. The molecule has 0 saturated carbocycles. The van der Waals surface area contributed by atoms with Gasteiger partial charge in [-0.2, -0.15) is 13.2 Å². The van der Waals surface area contributed by atoms with Gasteiger partial charge in [-0.15, -0.1) is 0 Å². The van der Waals surface area contributed by atoms with Crippen molar-refractivity contribution in [3.05, 3.63) is 111 Å². The van der Waals surface area contributed by atoms with Gasteiger partial charge in [0.05, 0.1) is 5.56 Å². The summed E-state index contributed by atoms with van der Waals surface area (Å²) in [5.41, 5.74) is -0.591. The van der Waals surface area contributed by atoms with E-state index in [4.69, 9.17) is 8.83 Å². The maximum Gasteiger partial charge on any atom is 0.417 e. The molecule has 9 nitrogen and oxygen atoms in total. The first-order chi connectivity index (χ1) is 23.4. The molecule has 0 fully saturated rings.